The number of rotatable bonds is 2. The monoisotopic (exact) mass is 235 g/mol. The van der Waals surface area contributed by atoms with Crippen molar-refractivity contribution in [1.82, 2.24) is 5.32 Å². The standard InChI is InChI=1S/C12H13NO4/c14-10-2-1-7-3-8(5-11(15)16)12(17)13-6-9(7)4-10/h1-2,4,8,14H,3,5-6H2,(H,13,17)(H,15,16). The van der Waals surface area contributed by atoms with Gasteiger partial charge >= 0.3 is 5.97 Å². The third-order valence-electron chi connectivity index (χ3n) is 2.90. The van der Waals surface area contributed by atoms with Crippen LogP contribution in [0.15, 0.2) is 18.2 Å². The van der Waals surface area contributed by atoms with E-state index < -0.39 is 11.9 Å². The molecule has 5 nitrogen and oxygen atoms in total. The number of benzene rings is 1. The zero-order valence-corrected chi connectivity index (χ0v) is 9.14. The van der Waals surface area contributed by atoms with Crippen molar-refractivity contribution in [1.29, 1.82) is 0 Å². The molecule has 2 rings (SSSR count). The molecule has 1 atom stereocenters. The molecule has 1 aromatic rings. The molecule has 3 N–H and O–H groups in total. The molecule has 90 valence electrons. The van der Waals surface area contributed by atoms with Crippen LogP contribution in [0.2, 0.25) is 0 Å². The van der Waals surface area contributed by atoms with Crippen LogP contribution in [0.1, 0.15) is 17.5 Å². The molecule has 0 spiro atoms. The molecule has 1 aliphatic heterocycles. The minimum Gasteiger partial charge on any atom is -0.508 e. The first-order valence-corrected chi connectivity index (χ1v) is 5.36. The molecule has 5 heteroatoms. The van der Waals surface area contributed by atoms with Crippen molar-refractivity contribution in [3.05, 3.63) is 29.3 Å². The van der Waals surface area contributed by atoms with Crippen molar-refractivity contribution >= 4 is 11.9 Å². The van der Waals surface area contributed by atoms with Gasteiger partial charge in [-0.3, -0.25) is 9.59 Å². The Balaban J connectivity index is 2.27. The highest BCUT2D eigenvalue weighted by Crippen LogP contribution is 2.23. The fourth-order valence-corrected chi connectivity index (χ4v) is 2.04. The molecule has 1 amide bonds. The van der Waals surface area contributed by atoms with Crippen LogP contribution in [-0.2, 0) is 22.6 Å². The predicted molar refractivity (Wildman–Crippen MR) is 59.4 cm³/mol. The van der Waals surface area contributed by atoms with Gasteiger partial charge < -0.3 is 15.5 Å². The second-order valence-corrected chi connectivity index (χ2v) is 4.17. The first-order valence-electron chi connectivity index (χ1n) is 5.36. The quantitative estimate of drug-likeness (QED) is 0.702. The lowest BCUT2D eigenvalue weighted by atomic mass is 9.94. The lowest BCUT2D eigenvalue weighted by molar-refractivity contribution is -0.141. The molecule has 1 aromatic carbocycles. The number of nitrogens with one attached hydrogen (secondary N) is 1. The van der Waals surface area contributed by atoms with E-state index in [1.807, 2.05) is 0 Å². The van der Waals surface area contributed by atoms with Gasteiger partial charge in [0, 0.05) is 6.54 Å². The fraction of sp³-hybridized carbons (Fsp3) is 0.333. The summed E-state index contributed by atoms with van der Waals surface area (Å²) in [5.41, 5.74) is 1.75. The number of hydrogen-bond acceptors (Lipinski definition) is 3. The van der Waals surface area contributed by atoms with Crippen LogP contribution >= 0.6 is 0 Å². The summed E-state index contributed by atoms with van der Waals surface area (Å²) in [5, 5.41) is 20.8. The molecule has 0 radical (unpaired) electrons. The molecule has 0 saturated heterocycles. The molecule has 1 heterocycles. The summed E-state index contributed by atoms with van der Waals surface area (Å²) in [6.45, 7) is 0.332. The molecule has 0 aliphatic carbocycles. The first-order chi connectivity index (χ1) is 8.06. The van der Waals surface area contributed by atoms with E-state index in [2.05, 4.69) is 5.32 Å². The van der Waals surface area contributed by atoms with Gasteiger partial charge in [-0.2, -0.15) is 0 Å². The molecule has 0 saturated carbocycles. The third-order valence-corrected chi connectivity index (χ3v) is 2.90. The van der Waals surface area contributed by atoms with Crippen molar-refractivity contribution in [3.63, 3.8) is 0 Å². The van der Waals surface area contributed by atoms with Gasteiger partial charge in [0.2, 0.25) is 5.91 Å². The summed E-state index contributed by atoms with van der Waals surface area (Å²) >= 11 is 0. The van der Waals surface area contributed by atoms with E-state index in [1.54, 1.807) is 18.2 Å². The largest absolute Gasteiger partial charge is 0.508 e. The lowest BCUT2D eigenvalue weighted by Gasteiger charge is -2.10. The van der Waals surface area contributed by atoms with Gasteiger partial charge in [-0.25, -0.2) is 0 Å². The van der Waals surface area contributed by atoms with Crippen LogP contribution in [0.3, 0.4) is 0 Å². The maximum atomic E-state index is 11.7. The Morgan fingerprint density at radius 1 is 1.41 bits per heavy atom. The Morgan fingerprint density at radius 3 is 2.88 bits per heavy atom. The lowest BCUT2D eigenvalue weighted by Crippen LogP contribution is -2.30. The zero-order valence-electron chi connectivity index (χ0n) is 9.14. The molecule has 1 unspecified atom stereocenters. The highest BCUT2D eigenvalue weighted by Gasteiger charge is 2.25. The Morgan fingerprint density at radius 2 is 2.18 bits per heavy atom. The summed E-state index contributed by atoms with van der Waals surface area (Å²) in [6.07, 6.45) is 0.222. The molecule has 0 fully saturated rings. The Labute approximate surface area is 98.1 Å². The number of phenols is 1. The van der Waals surface area contributed by atoms with Gasteiger partial charge in [0.05, 0.1) is 12.3 Å². The van der Waals surface area contributed by atoms with Crippen LogP contribution in [0.5, 0.6) is 5.75 Å². The SMILES string of the molecule is O=C(O)CC1Cc2ccc(O)cc2CNC1=O. The van der Waals surface area contributed by atoms with Crippen molar-refractivity contribution in [3.8, 4) is 5.75 Å². The summed E-state index contributed by atoms with van der Waals surface area (Å²) in [6, 6.07) is 4.88. The fourth-order valence-electron chi connectivity index (χ4n) is 2.04. The molecule has 0 bridgehead atoms. The topological polar surface area (TPSA) is 86.6 Å². The second kappa shape index (κ2) is 4.45. The summed E-state index contributed by atoms with van der Waals surface area (Å²) in [5.74, 6) is -1.62. The van der Waals surface area contributed by atoms with Crippen LogP contribution in [0, 0.1) is 5.92 Å². The highest BCUT2D eigenvalue weighted by molar-refractivity contribution is 5.84. The van der Waals surface area contributed by atoms with E-state index in [-0.39, 0.29) is 18.1 Å². The third kappa shape index (κ3) is 2.55. The summed E-state index contributed by atoms with van der Waals surface area (Å²) in [4.78, 5) is 22.3. The van der Waals surface area contributed by atoms with Gasteiger partial charge in [0.1, 0.15) is 5.75 Å². The highest BCUT2D eigenvalue weighted by atomic mass is 16.4. The Hall–Kier alpha value is -2.04. The number of carboxylic acids is 1. The van der Waals surface area contributed by atoms with Crippen LogP contribution in [0.25, 0.3) is 0 Å². The maximum Gasteiger partial charge on any atom is 0.304 e. The smallest absolute Gasteiger partial charge is 0.304 e. The molecule has 0 aromatic heterocycles. The maximum absolute atomic E-state index is 11.7. The van der Waals surface area contributed by atoms with Crippen molar-refractivity contribution in [2.45, 2.75) is 19.4 Å². The average Bonchev–Trinajstić information content (AvgIpc) is 2.40. The minimum absolute atomic E-state index is 0.148. The number of carbonyl (C=O) groups is 2. The number of aliphatic carboxylic acids is 1. The van der Waals surface area contributed by atoms with Gasteiger partial charge in [-0.15, -0.1) is 0 Å². The number of carboxylic acid groups (broad SMARTS) is 1. The van der Waals surface area contributed by atoms with Crippen LogP contribution in [-0.4, -0.2) is 22.1 Å². The normalized spacial score (nSPS) is 19.1. The second-order valence-electron chi connectivity index (χ2n) is 4.17. The number of aromatic hydroxyl groups is 1. The molecule has 17 heavy (non-hydrogen) atoms. The van der Waals surface area contributed by atoms with Gasteiger partial charge in [-0.1, -0.05) is 6.07 Å². The number of carbonyl (C=O) groups excluding carboxylic acids is 1. The molecule has 1 aliphatic rings. The molecular formula is C12H13NO4. The van der Waals surface area contributed by atoms with E-state index in [9.17, 15) is 14.7 Å². The van der Waals surface area contributed by atoms with Crippen LogP contribution in [0.4, 0.5) is 0 Å². The van der Waals surface area contributed by atoms with Crippen molar-refractivity contribution < 1.29 is 19.8 Å². The number of hydrogen-bond donors (Lipinski definition) is 3. The number of amides is 1. The summed E-state index contributed by atoms with van der Waals surface area (Å²) in [7, 11) is 0. The van der Waals surface area contributed by atoms with Gasteiger partial charge in [0.25, 0.3) is 0 Å². The predicted octanol–water partition coefficient (Wildman–Crippen LogP) is 0.655. The van der Waals surface area contributed by atoms with E-state index in [1.165, 1.54) is 0 Å². The van der Waals surface area contributed by atoms with Gasteiger partial charge in [-0.05, 0) is 29.7 Å². The van der Waals surface area contributed by atoms with E-state index >= 15 is 0 Å². The Kier molecular flexibility index (Phi) is 2.99. The van der Waals surface area contributed by atoms with Crippen molar-refractivity contribution in [2.75, 3.05) is 0 Å². The zero-order chi connectivity index (χ0) is 12.4. The van der Waals surface area contributed by atoms with Crippen LogP contribution < -0.4 is 5.32 Å². The van der Waals surface area contributed by atoms with E-state index in [0.29, 0.717) is 13.0 Å². The van der Waals surface area contributed by atoms with E-state index in [4.69, 9.17) is 5.11 Å². The molecular weight excluding hydrogens is 222 g/mol. The Bertz CT molecular complexity index is 470. The number of fused-ring (bicyclic) bond motifs is 1. The summed E-state index contributed by atoms with van der Waals surface area (Å²) < 4.78 is 0. The van der Waals surface area contributed by atoms with Gasteiger partial charge in [0.15, 0.2) is 0 Å². The van der Waals surface area contributed by atoms with E-state index in [0.717, 1.165) is 11.1 Å². The first kappa shape index (κ1) is 11.4. The number of phenolic OH excluding ortho intramolecular Hbond substituents is 1. The average molecular weight is 235 g/mol. The van der Waals surface area contributed by atoms with Crippen molar-refractivity contribution in [2.24, 2.45) is 5.92 Å². The minimum atomic E-state index is -0.979.